The van der Waals surface area contributed by atoms with E-state index in [0.29, 0.717) is 11.7 Å². The molecule has 2 unspecified atom stereocenters. The van der Waals surface area contributed by atoms with Gasteiger partial charge in [0.05, 0.1) is 0 Å². The topological polar surface area (TPSA) is 63.0 Å². The van der Waals surface area contributed by atoms with Crippen LogP contribution >= 0.6 is 0 Å². The molecule has 0 amide bonds. The highest BCUT2D eigenvalue weighted by molar-refractivity contribution is 5.55. The van der Waals surface area contributed by atoms with Gasteiger partial charge in [0, 0.05) is 11.6 Å². The smallest absolute Gasteiger partial charge is 0.245 e. The van der Waals surface area contributed by atoms with Crippen LogP contribution in [-0.4, -0.2) is 10.1 Å². The first-order valence-corrected chi connectivity index (χ1v) is 8.59. The maximum atomic E-state index is 5.51. The highest BCUT2D eigenvalue weighted by Gasteiger charge is 2.30. The van der Waals surface area contributed by atoms with Crippen LogP contribution in [0.5, 0.6) is 0 Å². The number of hydrazine groups is 1. The van der Waals surface area contributed by atoms with Crippen molar-refractivity contribution in [2.45, 2.75) is 39.3 Å². The van der Waals surface area contributed by atoms with Gasteiger partial charge in [0.15, 0.2) is 0 Å². The predicted octanol–water partition coefficient (Wildman–Crippen LogP) is 3.94. The molecule has 2 N–H and O–H groups in total. The van der Waals surface area contributed by atoms with Crippen LogP contribution in [0.1, 0.15) is 46.6 Å². The predicted molar refractivity (Wildman–Crippen MR) is 96.8 cm³/mol. The van der Waals surface area contributed by atoms with Crippen molar-refractivity contribution in [2.24, 2.45) is 0 Å². The Hall–Kier alpha value is -2.50. The number of hydrogen-bond acceptors (Lipinski definition) is 5. The van der Waals surface area contributed by atoms with Gasteiger partial charge in [0.2, 0.25) is 11.7 Å². The average molecular weight is 334 g/mol. The van der Waals surface area contributed by atoms with Crippen molar-refractivity contribution >= 4 is 0 Å². The fourth-order valence-corrected chi connectivity index (χ4v) is 3.20. The summed E-state index contributed by atoms with van der Waals surface area (Å²) < 4.78 is 5.51. The summed E-state index contributed by atoms with van der Waals surface area (Å²) in [7, 11) is 0. The van der Waals surface area contributed by atoms with Crippen molar-refractivity contribution in [3.05, 3.63) is 70.6 Å². The minimum absolute atomic E-state index is 0.0117. The van der Waals surface area contributed by atoms with E-state index in [9.17, 15) is 0 Å². The van der Waals surface area contributed by atoms with Gasteiger partial charge in [-0.15, -0.1) is 0 Å². The summed E-state index contributed by atoms with van der Waals surface area (Å²) in [5.41, 5.74) is 12.7. The number of nitrogens with one attached hydrogen (secondary N) is 2. The molecule has 2 aromatic carbocycles. The number of aromatic nitrogens is 2. The maximum Gasteiger partial charge on any atom is 0.245 e. The highest BCUT2D eigenvalue weighted by Crippen LogP contribution is 2.31. The molecule has 2 atom stereocenters. The number of hydrogen-bond donors (Lipinski definition) is 2. The molecule has 1 aromatic heterocycles. The molecule has 25 heavy (non-hydrogen) atoms. The third-order valence-electron chi connectivity index (χ3n) is 4.85. The molecule has 3 aromatic rings. The lowest BCUT2D eigenvalue weighted by atomic mass is 9.98. The molecule has 0 saturated carbocycles. The number of rotatable bonds is 3. The summed E-state index contributed by atoms with van der Waals surface area (Å²) >= 11 is 0. The fraction of sp³-hybridized carbons (Fsp3) is 0.300. The van der Waals surface area contributed by atoms with Crippen molar-refractivity contribution < 1.29 is 4.52 Å². The first-order chi connectivity index (χ1) is 12.1. The number of aryl methyl sites for hydroxylation is 3. The van der Waals surface area contributed by atoms with Crippen LogP contribution in [0.25, 0.3) is 11.4 Å². The monoisotopic (exact) mass is 334 g/mol. The Morgan fingerprint density at radius 2 is 1.80 bits per heavy atom. The van der Waals surface area contributed by atoms with Crippen molar-refractivity contribution in [3.8, 4) is 11.4 Å². The van der Waals surface area contributed by atoms with Crippen LogP contribution in [0.3, 0.4) is 0 Å². The molecular formula is C20H22N4O. The van der Waals surface area contributed by atoms with E-state index in [1.54, 1.807) is 0 Å². The lowest BCUT2D eigenvalue weighted by Crippen LogP contribution is -2.26. The Morgan fingerprint density at radius 3 is 2.60 bits per heavy atom. The Labute approximate surface area is 147 Å². The second kappa shape index (κ2) is 6.43. The van der Waals surface area contributed by atoms with Gasteiger partial charge in [-0.25, -0.2) is 10.9 Å². The van der Waals surface area contributed by atoms with Crippen LogP contribution in [-0.2, 0) is 0 Å². The zero-order valence-corrected chi connectivity index (χ0v) is 14.7. The summed E-state index contributed by atoms with van der Waals surface area (Å²) in [5, 5.41) is 4.14. The molecule has 1 aliphatic rings. The van der Waals surface area contributed by atoms with Gasteiger partial charge in [0.1, 0.15) is 6.04 Å². The Kier molecular flexibility index (Phi) is 4.11. The fourth-order valence-electron chi connectivity index (χ4n) is 3.20. The zero-order valence-electron chi connectivity index (χ0n) is 14.7. The lowest BCUT2D eigenvalue weighted by molar-refractivity contribution is 0.340. The molecule has 5 heteroatoms. The van der Waals surface area contributed by atoms with Crippen LogP contribution in [0.15, 0.2) is 47.0 Å². The molecule has 1 fully saturated rings. The van der Waals surface area contributed by atoms with E-state index in [4.69, 9.17) is 4.52 Å². The first-order valence-electron chi connectivity index (χ1n) is 8.59. The van der Waals surface area contributed by atoms with E-state index < -0.39 is 0 Å². The second-order valence-corrected chi connectivity index (χ2v) is 6.80. The number of nitrogens with zero attached hydrogens (tertiary/aromatic N) is 2. The standard InChI is InChI=1S/C20H22N4O/c1-12-5-4-6-16(9-12)19-21-20(25-24-19)18-11-17(22-23-18)15-8-7-13(2)14(3)10-15/h4-10,17-18,22-23H,11H2,1-3H3. The molecule has 4 rings (SSSR count). The molecule has 5 nitrogen and oxygen atoms in total. The van der Waals surface area contributed by atoms with E-state index in [1.807, 2.05) is 12.1 Å². The summed E-state index contributed by atoms with van der Waals surface area (Å²) in [6.45, 7) is 6.33. The lowest BCUT2D eigenvalue weighted by Gasteiger charge is -2.11. The average Bonchev–Trinajstić information content (AvgIpc) is 3.26. The normalized spacial score (nSPS) is 20.1. The van der Waals surface area contributed by atoms with Crippen molar-refractivity contribution in [3.63, 3.8) is 0 Å². The third kappa shape index (κ3) is 3.21. The SMILES string of the molecule is Cc1cccc(-c2noc(C3CC(c4ccc(C)c(C)c4)NN3)n2)c1. The molecule has 2 heterocycles. The van der Waals surface area contributed by atoms with Gasteiger partial charge >= 0.3 is 0 Å². The van der Waals surface area contributed by atoms with E-state index in [0.717, 1.165) is 12.0 Å². The van der Waals surface area contributed by atoms with Crippen molar-refractivity contribution in [1.29, 1.82) is 0 Å². The van der Waals surface area contributed by atoms with Gasteiger partial charge < -0.3 is 4.52 Å². The Morgan fingerprint density at radius 1 is 0.960 bits per heavy atom. The molecule has 1 saturated heterocycles. The summed E-state index contributed by atoms with van der Waals surface area (Å²) in [6, 6.07) is 15.0. The summed E-state index contributed by atoms with van der Waals surface area (Å²) in [4.78, 5) is 4.58. The maximum absolute atomic E-state index is 5.51. The van der Waals surface area contributed by atoms with E-state index in [2.05, 4.69) is 72.1 Å². The van der Waals surface area contributed by atoms with Gasteiger partial charge in [-0.05, 0) is 49.9 Å². The highest BCUT2D eigenvalue weighted by atomic mass is 16.5. The molecule has 0 bridgehead atoms. The molecule has 1 aliphatic heterocycles. The second-order valence-electron chi connectivity index (χ2n) is 6.80. The van der Waals surface area contributed by atoms with Crippen molar-refractivity contribution in [1.82, 2.24) is 21.0 Å². The van der Waals surface area contributed by atoms with Crippen LogP contribution in [0.2, 0.25) is 0 Å². The molecule has 128 valence electrons. The van der Waals surface area contributed by atoms with E-state index in [1.165, 1.54) is 22.3 Å². The van der Waals surface area contributed by atoms with E-state index >= 15 is 0 Å². The van der Waals surface area contributed by atoms with Gasteiger partial charge in [0.25, 0.3) is 0 Å². The number of benzene rings is 2. The van der Waals surface area contributed by atoms with E-state index in [-0.39, 0.29) is 12.1 Å². The Balaban J connectivity index is 1.51. The molecular weight excluding hydrogens is 312 g/mol. The van der Waals surface area contributed by atoms with Crippen LogP contribution < -0.4 is 10.9 Å². The molecule has 0 aliphatic carbocycles. The zero-order chi connectivity index (χ0) is 17.4. The minimum atomic E-state index is 0.0117. The summed E-state index contributed by atoms with van der Waals surface area (Å²) in [5.74, 6) is 1.26. The summed E-state index contributed by atoms with van der Waals surface area (Å²) in [6.07, 6.45) is 0.873. The quantitative estimate of drug-likeness (QED) is 0.759. The van der Waals surface area contributed by atoms with Crippen LogP contribution in [0.4, 0.5) is 0 Å². The van der Waals surface area contributed by atoms with Gasteiger partial charge in [-0.1, -0.05) is 47.1 Å². The molecule has 0 radical (unpaired) electrons. The first kappa shape index (κ1) is 16.0. The van der Waals surface area contributed by atoms with Crippen molar-refractivity contribution in [2.75, 3.05) is 0 Å². The minimum Gasteiger partial charge on any atom is -0.337 e. The van der Waals surface area contributed by atoms with Gasteiger partial charge in [-0.2, -0.15) is 4.98 Å². The third-order valence-corrected chi connectivity index (χ3v) is 4.85. The largest absolute Gasteiger partial charge is 0.337 e. The van der Waals surface area contributed by atoms with Gasteiger partial charge in [-0.3, -0.25) is 0 Å². The Bertz CT molecular complexity index is 902. The molecule has 0 spiro atoms. The van der Waals surface area contributed by atoms with Crippen LogP contribution in [0, 0.1) is 20.8 Å².